The van der Waals surface area contributed by atoms with Crippen molar-refractivity contribution < 1.29 is 9.47 Å². The molecule has 0 fully saturated rings. The highest BCUT2D eigenvalue weighted by molar-refractivity contribution is 4.89. The van der Waals surface area contributed by atoms with Crippen LogP contribution in [-0.2, 0) is 22.6 Å². The summed E-state index contributed by atoms with van der Waals surface area (Å²) in [5.74, 6) is 0. The number of hydrogen-bond acceptors (Lipinski definition) is 4. The van der Waals surface area contributed by atoms with Crippen molar-refractivity contribution >= 4 is 0 Å². The van der Waals surface area contributed by atoms with Gasteiger partial charge in [-0.2, -0.15) is 0 Å². The fraction of sp³-hybridized carbons (Fsp3) is 0.818. The molecule has 1 aromatic rings. The van der Waals surface area contributed by atoms with Gasteiger partial charge in [0.05, 0.1) is 38.2 Å². The highest BCUT2D eigenvalue weighted by atomic mass is 16.5. The largest absolute Gasteiger partial charge is 0.377 e. The van der Waals surface area contributed by atoms with Gasteiger partial charge < -0.3 is 9.47 Å². The molecule has 0 saturated heterocycles. The van der Waals surface area contributed by atoms with E-state index in [2.05, 4.69) is 10.3 Å². The van der Waals surface area contributed by atoms with E-state index in [1.807, 2.05) is 33.9 Å². The van der Waals surface area contributed by atoms with Gasteiger partial charge in [-0.25, -0.2) is 4.68 Å². The summed E-state index contributed by atoms with van der Waals surface area (Å²) >= 11 is 0. The lowest BCUT2D eigenvalue weighted by Crippen LogP contribution is -2.10. The van der Waals surface area contributed by atoms with Crippen LogP contribution in [0.15, 0.2) is 6.20 Å². The van der Waals surface area contributed by atoms with Gasteiger partial charge in [0.15, 0.2) is 0 Å². The van der Waals surface area contributed by atoms with Crippen LogP contribution in [-0.4, -0.2) is 33.8 Å². The van der Waals surface area contributed by atoms with E-state index in [4.69, 9.17) is 9.47 Å². The van der Waals surface area contributed by atoms with E-state index in [9.17, 15) is 0 Å². The molecule has 0 N–H and O–H groups in total. The molecule has 0 aliphatic heterocycles. The highest BCUT2D eigenvalue weighted by Crippen LogP contribution is 1.99. The van der Waals surface area contributed by atoms with Crippen molar-refractivity contribution in [3.8, 4) is 0 Å². The van der Waals surface area contributed by atoms with E-state index in [0.717, 1.165) is 12.2 Å². The Bertz CT molecular complexity index is 297. The third-order valence-electron chi connectivity index (χ3n) is 1.92. The van der Waals surface area contributed by atoms with E-state index < -0.39 is 0 Å². The first-order chi connectivity index (χ1) is 7.58. The van der Waals surface area contributed by atoms with Crippen LogP contribution in [0.4, 0.5) is 0 Å². The molecule has 92 valence electrons. The topological polar surface area (TPSA) is 49.2 Å². The maximum absolute atomic E-state index is 5.44. The van der Waals surface area contributed by atoms with Crippen LogP contribution in [0, 0.1) is 0 Å². The number of ether oxygens (including phenoxy) is 2. The van der Waals surface area contributed by atoms with Crippen molar-refractivity contribution in [1.82, 2.24) is 15.0 Å². The molecule has 0 aliphatic carbocycles. The highest BCUT2D eigenvalue weighted by Gasteiger charge is 2.02. The SMILES string of the molecule is CC(C)OCCn1cc(COC(C)C)nn1. The molecule has 0 bridgehead atoms. The zero-order valence-electron chi connectivity index (χ0n) is 10.5. The van der Waals surface area contributed by atoms with Crippen molar-refractivity contribution in [2.75, 3.05) is 6.61 Å². The molecule has 0 aromatic carbocycles. The van der Waals surface area contributed by atoms with E-state index in [1.54, 1.807) is 4.68 Å². The van der Waals surface area contributed by atoms with Crippen LogP contribution in [0.25, 0.3) is 0 Å². The summed E-state index contributed by atoms with van der Waals surface area (Å²) in [6, 6.07) is 0. The molecule has 0 atom stereocenters. The number of nitrogens with zero attached hydrogens (tertiary/aromatic N) is 3. The Kier molecular flexibility index (Phi) is 5.42. The fourth-order valence-corrected chi connectivity index (χ4v) is 1.15. The van der Waals surface area contributed by atoms with Gasteiger partial charge in [0.25, 0.3) is 0 Å². The number of aromatic nitrogens is 3. The van der Waals surface area contributed by atoms with Gasteiger partial charge in [-0.05, 0) is 27.7 Å². The molecule has 1 rings (SSSR count). The van der Waals surface area contributed by atoms with Crippen molar-refractivity contribution in [1.29, 1.82) is 0 Å². The minimum atomic E-state index is 0.217. The summed E-state index contributed by atoms with van der Waals surface area (Å²) in [7, 11) is 0. The number of hydrogen-bond donors (Lipinski definition) is 0. The fourth-order valence-electron chi connectivity index (χ4n) is 1.15. The van der Waals surface area contributed by atoms with Gasteiger partial charge in [0.1, 0.15) is 5.69 Å². The van der Waals surface area contributed by atoms with Gasteiger partial charge in [0, 0.05) is 0 Å². The molecule has 0 radical (unpaired) electrons. The Morgan fingerprint density at radius 3 is 2.50 bits per heavy atom. The molecule has 1 aromatic heterocycles. The molecule has 5 nitrogen and oxygen atoms in total. The van der Waals surface area contributed by atoms with Gasteiger partial charge >= 0.3 is 0 Å². The summed E-state index contributed by atoms with van der Waals surface area (Å²) in [6.07, 6.45) is 2.37. The van der Waals surface area contributed by atoms with Gasteiger partial charge in [-0.1, -0.05) is 5.21 Å². The van der Waals surface area contributed by atoms with Crippen LogP contribution >= 0.6 is 0 Å². The maximum atomic E-state index is 5.44. The third kappa shape index (κ3) is 5.23. The van der Waals surface area contributed by atoms with Crippen molar-refractivity contribution in [3.05, 3.63) is 11.9 Å². The standard InChI is InChI=1S/C11H21N3O2/c1-9(2)15-6-5-14-7-11(12-13-14)8-16-10(3)4/h7,9-10H,5-6,8H2,1-4H3. The van der Waals surface area contributed by atoms with E-state index >= 15 is 0 Å². The van der Waals surface area contributed by atoms with Crippen molar-refractivity contribution in [3.63, 3.8) is 0 Å². The Morgan fingerprint density at radius 1 is 1.19 bits per heavy atom. The van der Waals surface area contributed by atoms with E-state index in [-0.39, 0.29) is 12.2 Å². The molecule has 0 aliphatic rings. The van der Waals surface area contributed by atoms with Crippen LogP contribution in [0.5, 0.6) is 0 Å². The zero-order valence-corrected chi connectivity index (χ0v) is 10.5. The summed E-state index contributed by atoms with van der Waals surface area (Å²) in [5.41, 5.74) is 0.859. The lowest BCUT2D eigenvalue weighted by molar-refractivity contribution is 0.0633. The minimum Gasteiger partial charge on any atom is -0.377 e. The second-order valence-corrected chi connectivity index (χ2v) is 4.25. The lowest BCUT2D eigenvalue weighted by Gasteiger charge is -2.06. The van der Waals surface area contributed by atoms with Crippen molar-refractivity contribution in [2.24, 2.45) is 0 Å². The molecule has 0 unspecified atom stereocenters. The summed E-state index contributed by atoms with van der Waals surface area (Å²) in [4.78, 5) is 0. The van der Waals surface area contributed by atoms with Crippen molar-refractivity contribution in [2.45, 2.75) is 53.1 Å². The third-order valence-corrected chi connectivity index (χ3v) is 1.92. The first-order valence-corrected chi connectivity index (χ1v) is 5.70. The molecule has 0 spiro atoms. The zero-order chi connectivity index (χ0) is 12.0. The minimum absolute atomic E-state index is 0.217. The van der Waals surface area contributed by atoms with Crippen LogP contribution in [0.3, 0.4) is 0 Å². The lowest BCUT2D eigenvalue weighted by atomic mass is 10.4. The van der Waals surface area contributed by atoms with Gasteiger partial charge in [0.2, 0.25) is 0 Å². The molecular formula is C11H21N3O2. The Labute approximate surface area is 96.7 Å². The van der Waals surface area contributed by atoms with Gasteiger partial charge in [-0.15, -0.1) is 5.10 Å². The predicted octanol–water partition coefficient (Wildman–Crippen LogP) is 1.63. The first-order valence-electron chi connectivity index (χ1n) is 5.70. The Balaban J connectivity index is 2.28. The predicted molar refractivity (Wildman–Crippen MR) is 61.0 cm³/mol. The second kappa shape index (κ2) is 6.60. The van der Waals surface area contributed by atoms with E-state index in [0.29, 0.717) is 13.2 Å². The molecule has 1 heterocycles. The molecule has 5 heteroatoms. The molecule has 16 heavy (non-hydrogen) atoms. The summed E-state index contributed by atoms with van der Waals surface area (Å²) < 4.78 is 12.6. The maximum Gasteiger partial charge on any atom is 0.108 e. The first kappa shape index (κ1) is 13.1. The summed E-state index contributed by atoms with van der Waals surface area (Å²) in [6.45, 7) is 9.94. The normalized spacial score (nSPS) is 11.6. The average molecular weight is 227 g/mol. The van der Waals surface area contributed by atoms with E-state index in [1.165, 1.54) is 0 Å². The second-order valence-electron chi connectivity index (χ2n) is 4.25. The smallest absolute Gasteiger partial charge is 0.108 e. The Morgan fingerprint density at radius 2 is 1.88 bits per heavy atom. The Hall–Kier alpha value is -0.940. The monoisotopic (exact) mass is 227 g/mol. The quantitative estimate of drug-likeness (QED) is 0.710. The summed E-state index contributed by atoms with van der Waals surface area (Å²) in [5, 5.41) is 8.02. The molecule has 0 amide bonds. The molecule has 0 saturated carbocycles. The van der Waals surface area contributed by atoms with Crippen LogP contribution in [0.2, 0.25) is 0 Å². The van der Waals surface area contributed by atoms with Gasteiger partial charge in [-0.3, -0.25) is 0 Å². The molecular weight excluding hydrogens is 206 g/mol. The average Bonchev–Trinajstić information content (AvgIpc) is 2.62. The van der Waals surface area contributed by atoms with Crippen LogP contribution < -0.4 is 0 Å². The number of rotatable bonds is 7. The van der Waals surface area contributed by atoms with Crippen LogP contribution in [0.1, 0.15) is 33.4 Å².